The quantitative estimate of drug-likeness (QED) is 0.736. The first-order valence-electron chi connectivity index (χ1n) is 7.64. The van der Waals surface area contributed by atoms with Crippen LogP contribution in [0.5, 0.6) is 0 Å². The summed E-state index contributed by atoms with van der Waals surface area (Å²) in [5.74, 6) is -0.664. The van der Waals surface area contributed by atoms with E-state index in [0.29, 0.717) is 12.8 Å². The predicted octanol–water partition coefficient (Wildman–Crippen LogP) is 1.65. The molecule has 3 rings (SSSR count). The summed E-state index contributed by atoms with van der Waals surface area (Å²) in [6.07, 6.45) is -0.0895. The number of piperidine rings is 1. The number of hydrogen-bond acceptors (Lipinski definition) is 5. The van der Waals surface area contributed by atoms with E-state index in [2.05, 4.69) is 0 Å². The van der Waals surface area contributed by atoms with E-state index in [-0.39, 0.29) is 24.3 Å². The SMILES string of the molecule is CC(C)(C)OC(=O)N1[C@@H]2[C@@H]3OC(C)(C)O[C@@H]3[C@H]1CC[C@@H]2O. The average molecular weight is 299 g/mol. The number of hydrogen-bond donors (Lipinski definition) is 1. The third-order valence-corrected chi connectivity index (χ3v) is 4.31. The maximum Gasteiger partial charge on any atom is 0.411 e. The van der Waals surface area contributed by atoms with E-state index in [0.717, 1.165) is 0 Å². The maximum atomic E-state index is 12.5. The maximum absolute atomic E-state index is 12.5. The standard InChI is InChI=1S/C15H25NO5/c1-14(2,3)21-13(18)16-8-6-7-9(17)10(16)12-11(8)19-15(4,5)20-12/h8-12,17H,6-7H2,1-5H3/t8-,9+,10+,11-,12+/m1/s1. The van der Waals surface area contributed by atoms with E-state index in [1.807, 2.05) is 34.6 Å². The van der Waals surface area contributed by atoms with Gasteiger partial charge in [0.1, 0.15) is 17.8 Å². The van der Waals surface area contributed by atoms with Crippen LogP contribution in [0.4, 0.5) is 4.79 Å². The van der Waals surface area contributed by atoms with Crippen molar-refractivity contribution < 1.29 is 24.1 Å². The zero-order chi connectivity index (χ0) is 15.6. The normalized spacial score (nSPS) is 41.0. The fourth-order valence-electron chi connectivity index (χ4n) is 3.71. The molecule has 2 bridgehead atoms. The van der Waals surface area contributed by atoms with Gasteiger partial charge in [-0.3, -0.25) is 4.90 Å². The van der Waals surface area contributed by atoms with Gasteiger partial charge in [0.05, 0.1) is 18.2 Å². The molecule has 3 aliphatic rings. The number of aliphatic hydroxyl groups is 1. The van der Waals surface area contributed by atoms with Crippen LogP contribution in [0.15, 0.2) is 0 Å². The highest BCUT2D eigenvalue weighted by molar-refractivity contribution is 5.70. The van der Waals surface area contributed by atoms with Crippen LogP contribution < -0.4 is 0 Å². The van der Waals surface area contributed by atoms with Crippen molar-refractivity contribution in [1.82, 2.24) is 4.90 Å². The van der Waals surface area contributed by atoms with Gasteiger partial charge in [0, 0.05) is 0 Å². The first kappa shape index (κ1) is 15.1. The fraction of sp³-hybridized carbons (Fsp3) is 0.933. The third-order valence-electron chi connectivity index (χ3n) is 4.31. The molecule has 0 saturated carbocycles. The number of carbonyl (C=O) groups excluding carboxylic acids is 1. The Kier molecular flexibility index (Phi) is 3.28. The summed E-state index contributed by atoms with van der Waals surface area (Å²) >= 11 is 0. The van der Waals surface area contributed by atoms with Crippen LogP contribution in [0.2, 0.25) is 0 Å². The Morgan fingerprint density at radius 1 is 1.24 bits per heavy atom. The first-order chi connectivity index (χ1) is 9.59. The largest absolute Gasteiger partial charge is 0.444 e. The van der Waals surface area contributed by atoms with Crippen molar-refractivity contribution in [2.45, 2.75) is 89.2 Å². The minimum atomic E-state index is -0.664. The number of ether oxygens (including phenoxy) is 3. The van der Waals surface area contributed by atoms with Crippen molar-refractivity contribution in [2.75, 3.05) is 0 Å². The number of amides is 1. The summed E-state index contributed by atoms with van der Waals surface area (Å²) in [5.41, 5.74) is -0.560. The lowest BCUT2D eigenvalue weighted by molar-refractivity contribution is -0.178. The van der Waals surface area contributed by atoms with Crippen molar-refractivity contribution in [3.8, 4) is 0 Å². The van der Waals surface area contributed by atoms with E-state index in [1.165, 1.54) is 0 Å². The number of fused-ring (bicyclic) bond motifs is 5. The van der Waals surface area contributed by atoms with Gasteiger partial charge in [0.25, 0.3) is 0 Å². The minimum Gasteiger partial charge on any atom is -0.444 e. The molecule has 6 heteroatoms. The van der Waals surface area contributed by atoms with Crippen LogP contribution in [-0.4, -0.2) is 57.9 Å². The van der Waals surface area contributed by atoms with Crippen molar-refractivity contribution in [3.63, 3.8) is 0 Å². The number of aliphatic hydroxyl groups excluding tert-OH is 1. The van der Waals surface area contributed by atoms with Crippen LogP contribution in [0, 0.1) is 0 Å². The van der Waals surface area contributed by atoms with Crippen LogP contribution in [-0.2, 0) is 14.2 Å². The molecule has 3 heterocycles. The second-order valence-corrected chi connectivity index (χ2v) is 7.66. The van der Waals surface area contributed by atoms with Gasteiger partial charge in [0.2, 0.25) is 0 Å². The van der Waals surface area contributed by atoms with E-state index in [9.17, 15) is 9.90 Å². The van der Waals surface area contributed by atoms with Crippen molar-refractivity contribution >= 4 is 6.09 Å². The van der Waals surface area contributed by atoms with Gasteiger partial charge in [-0.05, 0) is 47.5 Å². The van der Waals surface area contributed by atoms with Crippen molar-refractivity contribution in [2.24, 2.45) is 0 Å². The molecule has 0 aliphatic carbocycles. The molecule has 0 radical (unpaired) electrons. The zero-order valence-corrected chi connectivity index (χ0v) is 13.3. The Morgan fingerprint density at radius 3 is 2.48 bits per heavy atom. The molecule has 1 amide bonds. The third kappa shape index (κ3) is 2.53. The van der Waals surface area contributed by atoms with Crippen LogP contribution in [0.1, 0.15) is 47.5 Å². The molecule has 3 fully saturated rings. The lowest BCUT2D eigenvalue weighted by Crippen LogP contribution is -2.55. The molecule has 0 aromatic rings. The van der Waals surface area contributed by atoms with E-state index < -0.39 is 23.6 Å². The van der Waals surface area contributed by atoms with Gasteiger partial charge in [-0.2, -0.15) is 0 Å². The molecule has 21 heavy (non-hydrogen) atoms. The summed E-state index contributed by atoms with van der Waals surface area (Å²) in [6.45, 7) is 9.24. The molecular weight excluding hydrogens is 274 g/mol. The Morgan fingerprint density at radius 2 is 1.86 bits per heavy atom. The molecule has 0 aromatic carbocycles. The van der Waals surface area contributed by atoms with Gasteiger partial charge in [0.15, 0.2) is 5.79 Å². The second kappa shape index (κ2) is 4.57. The predicted molar refractivity (Wildman–Crippen MR) is 74.7 cm³/mol. The summed E-state index contributed by atoms with van der Waals surface area (Å²) in [7, 11) is 0. The van der Waals surface area contributed by atoms with Gasteiger partial charge < -0.3 is 19.3 Å². The van der Waals surface area contributed by atoms with Crippen LogP contribution in [0.25, 0.3) is 0 Å². The van der Waals surface area contributed by atoms with E-state index in [4.69, 9.17) is 14.2 Å². The molecule has 6 nitrogen and oxygen atoms in total. The molecule has 3 saturated heterocycles. The lowest BCUT2D eigenvalue weighted by Gasteiger charge is -2.40. The van der Waals surface area contributed by atoms with Gasteiger partial charge in [-0.15, -0.1) is 0 Å². The molecule has 120 valence electrons. The van der Waals surface area contributed by atoms with E-state index >= 15 is 0 Å². The Balaban J connectivity index is 1.86. The Hall–Kier alpha value is -0.850. The van der Waals surface area contributed by atoms with Crippen LogP contribution >= 0.6 is 0 Å². The zero-order valence-electron chi connectivity index (χ0n) is 13.3. The molecule has 5 atom stereocenters. The Bertz CT molecular complexity index is 444. The molecule has 1 N–H and O–H groups in total. The highest BCUT2D eigenvalue weighted by Gasteiger charge is 2.63. The summed E-state index contributed by atoms with van der Waals surface area (Å²) < 4.78 is 17.4. The van der Waals surface area contributed by atoms with Gasteiger partial charge in [-0.25, -0.2) is 4.79 Å². The highest BCUT2D eigenvalue weighted by Crippen LogP contribution is 2.46. The first-order valence-corrected chi connectivity index (χ1v) is 7.64. The van der Waals surface area contributed by atoms with E-state index in [1.54, 1.807) is 4.90 Å². The van der Waals surface area contributed by atoms with Gasteiger partial charge >= 0.3 is 6.09 Å². The van der Waals surface area contributed by atoms with Crippen molar-refractivity contribution in [3.05, 3.63) is 0 Å². The number of nitrogens with zero attached hydrogens (tertiary/aromatic N) is 1. The smallest absolute Gasteiger partial charge is 0.411 e. The van der Waals surface area contributed by atoms with Crippen molar-refractivity contribution in [1.29, 1.82) is 0 Å². The number of carbonyl (C=O) groups is 1. The monoisotopic (exact) mass is 299 g/mol. The summed E-state index contributed by atoms with van der Waals surface area (Å²) in [4.78, 5) is 14.1. The Labute approximate surface area is 125 Å². The second-order valence-electron chi connectivity index (χ2n) is 7.66. The molecule has 0 unspecified atom stereocenters. The highest BCUT2D eigenvalue weighted by atomic mass is 16.8. The fourth-order valence-corrected chi connectivity index (χ4v) is 3.71. The molecular formula is C15H25NO5. The summed E-state index contributed by atoms with van der Waals surface area (Å²) in [5, 5.41) is 10.3. The number of rotatable bonds is 0. The lowest BCUT2D eigenvalue weighted by atomic mass is 10.00. The van der Waals surface area contributed by atoms with Gasteiger partial charge in [-0.1, -0.05) is 0 Å². The average Bonchev–Trinajstić information content (AvgIpc) is 2.71. The topological polar surface area (TPSA) is 68.2 Å². The molecule has 0 aromatic heterocycles. The molecule has 3 aliphatic heterocycles. The van der Waals surface area contributed by atoms with Crippen LogP contribution in [0.3, 0.4) is 0 Å². The minimum absolute atomic E-state index is 0.0833. The summed E-state index contributed by atoms with van der Waals surface area (Å²) in [6, 6.07) is -0.467. The molecule has 0 spiro atoms.